The van der Waals surface area contributed by atoms with Crippen molar-refractivity contribution in [2.75, 3.05) is 6.61 Å². The summed E-state index contributed by atoms with van der Waals surface area (Å²) in [7, 11) is 0. The van der Waals surface area contributed by atoms with Gasteiger partial charge in [0.1, 0.15) is 0 Å². The van der Waals surface area contributed by atoms with Crippen molar-refractivity contribution >= 4 is 11.6 Å². The molecule has 0 atom stereocenters. The van der Waals surface area contributed by atoms with Gasteiger partial charge in [-0.05, 0) is 13.0 Å². The predicted octanol–water partition coefficient (Wildman–Crippen LogP) is -2.26. The van der Waals surface area contributed by atoms with Crippen molar-refractivity contribution in [3.05, 3.63) is 16.9 Å². The van der Waals surface area contributed by atoms with Gasteiger partial charge in [-0.15, -0.1) is 6.61 Å². The Labute approximate surface area is 93.4 Å². The van der Waals surface area contributed by atoms with Gasteiger partial charge in [-0.1, -0.05) is 18.5 Å². The number of nitrogens with one attached hydrogen (secondary N) is 1. The van der Waals surface area contributed by atoms with Crippen molar-refractivity contribution in [2.24, 2.45) is 0 Å². The van der Waals surface area contributed by atoms with Crippen molar-refractivity contribution in [3.63, 3.8) is 0 Å². The number of halogens is 1. The largest absolute Gasteiger partial charge is 1.00 e. The molecule has 11 heavy (non-hydrogen) atoms. The first-order chi connectivity index (χ1) is 4.70. The van der Waals surface area contributed by atoms with E-state index in [1.807, 2.05) is 6.92 Å². The Morgan fingerprint density at radius 3 is 2.27 bits per heavy atom. The predicted molar refractivity (Wildman–Crippen MR) is 38.9 cm³/mol. The van der Waals surface area contributed by atoms with Crippen LogP contribution in [0, 0.1) is 6.92 Å². The first-order valence-corrected chi connectivity index (χ1v) is 3.34. The van der Waals surface area contributed by atoms with E-state index in [9.17, 15) is 0 Å². The quantitative estimate of drug-likeness (QED) is 0.463. The second-order valence-electron chi connectivity index (χ2n) is 1.66. The number of aryl methyl sites for hydroxylation is 1. The molecule has 0 aliphatic rings. The summed E-state index contributed by atoms with van der Waals surface area (Å²) in [5, 5.41) is 15.8. The normalized spacial score (nSPS) is 7.64. The Morgan fingerprint density at radius 1 is 1.73 bits per heavy atom. The monoisotopic (exact) mass is 184 g/mol. The minimum atomic E-state index is 0. The van der Waals surface area contributed by atoms with E-state index in [0.29, 0.717) is 5.15 Å². The molecule has 0 spiro atoms. The summed E-state index contributed by atoms with van der Waals surface area (Å²) in [4.78, 5) is 0. The number of aromatic amines is 1. The van der Waals surface area contributed by atoms with E-state index in [2.05, 4.69) is 10.2 Å². The fourth-order valence-electron chi connectivity index (χ4n) is 0.385. The van der Waals surface area contributed by atoms with E-state index in [1.165, 1.54) is 0 Å². The fraction of sp³-hybridized carbons (Fsp3) is 0.500. The average molecular weight is 185 g/mol. The van der Waals surface area contributed by atoms with Gasteiger partial charge in [0.25, 0.3) is 0 Å². The molecular formula is C6H10ClN2NaO. The van der Waals surface area contributed by atoms with Crippen LogP contribution in [0.15, 0.2) is 6.07 Å². The molecule has 0 aromatic carbocycles. The number of H-pyrrole nitrogens is 1. The molecule has 0 radical (unpaired) electrons. The number of hydrogen-bond acceptors (Lipinski definition) is 2. The van der Waals surface area contributed by atoms with Crippen LogP contribution in [0.2, 0.25) is 5.15 Å². The van der Waals surface area contributed by atoms with Crippen molar-refractivity contribution in [1.82, 2.24) is 10.2 Å². The summed E-state index contributed by atoms with van der Waals surface area (Å²) in [6.45, 7) is 3.47. The molecule has 3 nitrogen and oxygen atoms in total. The maximum Gasteiger partial charge on any atom is 1.00 e. The summed E-state index contributed by atoms with van der Waals surface area (Å²) in [6, 6.07) is 1.77. The van der Waals surface area contributed by atoms with Gasteiger partial charge in [-0.2, -0.15) is 5.10 Å². The van der Waals surface area contributed by atoms with Crippen LogP contribution in [0.3, 0.4) is 0 Å². The van der Waals surface area contributed by atoms with Crippen LogP contribution in [-0.4, -0.2) is 16.8 Å². The molecular weight excluding hydrogens is 175 g/mol. The molecule has 0 unspecified atom stereocenters. The van der Waals surface area contributed by atoms with Gasteiger partial charge >= 0.3 is 29.6 Å². The van der Waals surface area contributed by atoms with Gasteiger partial charge in [0.05, 0.1) is 0 Å². The molecule has 1 rings (SSSR count). The van der Waals surface area contributed by atoms with E-state index < -0.39 is 0 Å². The number of aromatic nitrogens is 2. The third kappa shape index (κ3) is 8.37. The van der Waals surface area contributed by atoms with Gasteiger partial charge in [0, 0.05) is 5.69 Å². The third-order valence-corrected chi connectivity index (χ3v) is 0.868. The van der Waals surface area contributed by atoms with Gasteiger partial charge in [0.15, 0.2) is 5.15 Å². The SMILES string of the molecule is CC[O-].Cc1cc(Cl)n[nH]1.[Na+]. The van der Waals surface area contributed by atoms with Crippen LogP contribution in [0.25, 0.3) is 0 Å². The van der Waals surface area contributed by atoms with E-state index >= 15 is 0 Å². The summed E-state index contributed by atoms with van der Waals surface area (Å²) < 4.78 is 0. The van der Waals surface area contributed by atoms with E-state index in [1.54, 1.807) is 13.0 Å². The standard InChI is InChI=1S/C4H5ClN2.C2H5O.Na/c1-3-2-4(5)7-6-3;1-2-3;/h2H,1H3,(H,6,7);2H2,1H3;/q;-1;+1. The van der Waals surface area contributed by atoms with Gasteiger partial charge in [-0.25, -0.2) is 0 Å². The molecule has 1 aromatic rings. The first-order valence-electron chi connectivity index (χ1n) is 2.96. The number of rotatable bonds is 0. The number of nitrogens with zero attached hydrogens (tertiary/aromatic N) is 1. The maximum absolute atomic E-state index is 8.93. The topological polar surface area (TPSA) is 51.7 Å². The van der Waals surface area contributed by atoms with Gasteiger partial charge < -0.3 is 5.11 Å². The zero-order valence-electron chi connectivity index (χ0n) is 7.02. The first kappa shape index (κ1) is 14.0. The second-order valence-corrected chi connectivity index (χ2v) is 2.05. The van der Waals surface area contributed by atoms with Crippen molar-refractivity contribution < 1.29 is 34.7 Å². The Balaban J connectivity index is 0. The smallest absolute Gasteiger partial charge is 0.855 e. The Morgan fingerprint density at radius 2 is 2.18 bits per heavy atom. The van der Waals surface area contributed by atoms with Crippen LogP contribution < -0.4 is 34.7 Å². The number of hydrogen-bond donors (Lipinski definition) is 1. The molecule has 58 valence electrons. The summed E-state index contributed by atoms with van der Waals surface area (Å²) >= 11 is 5.42. The van der Waals surface area contributed by atoms with Crippen LogP contribution in [-0.2, 0) is 0 Å². The molecule has 0 saturated carbocycles. The van der Waals surface area contributed by atoms with Crippen LogP contribution in [0.4, 0.5) is 0 Å². The van der Waals surface area contributed by atoms with E-state index in [4.69, 9.17) is 16.7 Å². The van der Waals surface area contributed by atoms with Gasteiger partial charge in [0.2, 0.25) is 0 Å². The molecule has 1 heterocycles. The molecule has 1 aromatic heterocycles. The van der Waals surface area contributed by atoms with Gasteiger partial charge in [-0.3, -0.25) is 5.10 Å². The minimum Gasteiger partial charge on any atom is -0.855 e. The molecule has 1 N–H and O–H groups in total. The zero-order valence-corrected chi connectivity index (χ0v) is 9.77. The molecule has 0 aliphatic carbocycles. The average Bonchev–Trinajstić information content (AvgIpc) is 2.17. The van der Waals surface area contributed by atoms with Crippen LogP contribution in [0.5, 0.6) is 0 Å². The Bertz CT molecular complexity index is 164. The fourth-order valence-corrected chi connectivity index (χ4v) is 0.591. The molecule has 0 fully saturated rings. The third-order valence-electron chi connectivity index (χ3n) is 0.675. The van der Waals surface area contributed by atoms with Crippen molar-refractivity contribution in [1.29, 1.82) is 0 Å². The second kappa shape index (κ2) is 8.56. The molecule has 0 bridgehead atoms. The van der Waals surface area contributed by atoms with Crippen LogP contribution >= 0.6 is 11.6 Å². The molecule has 5 heteroatoms. The molecule has 0 aliphatic heterocycles. The van der Waals surface area contributed by atoms with E-state index in [0.717, 1.165) is 5.69 Å². The Hall–Kier alpha value is 0.460. The summed E-state index contributed by atoms with van der Waals surface area (Å²) in [5.74, 6) is 0. The molecule has 0 amide bonds. The van der Waals surface area contributed by atoms with Crippen molar-refractivity contribution in [2.45, 2.75) is 13.8 Å². The minimum absolute atomic E-state index is 0. The zero-order chi connectivity index (χ0) is 7.98. The maximum atomic E-state index is 8.93. The van der Waals surface area contributed by atoms with Crippen molar-refractivity contribution in [3.8, 4) is 0 Å². The van der Waals surface area contributed by atoms with E-state index in [-0.39, 0.29) is 36.2 Å². The summed E-state index contributed by atoms with van der Waals surface area (Å²) in [5.41, 5.74) is 0.991. The molecule has 0 saturated heterocycles. The Kier molecular flexibility index (Phi) is 10.9. The van der Waals surface area contributed by atoms with Crippen LogP contribution in [0.1, 0.15) is 12.6 Å². The summed E-state index contributed by atoms with van der Waals surface area (Å²) in [6.07, 6.45) is 0.